The van der Waals surface area contributed by atoms with Gasteiger partial charge in [0.25, 0.3) is 0 Å². The second kappa shape index (κ2) is 6.57. The molecule has 2 atom stereocenters. The van der Waals surface area contributed by atoms with Crippen molar-refractivity contribution in [2.75, 3.05) is 6.61 Å². The van der Waals surface area contributed by atoms with Crippen molar-refractivity contribution >= 4 is 5.97 Å². The molecule has 3 rings (SSSR count). The van der Waals surface area contributed by atoms with Crippen LogP contribution in [0.1, 0.15) is 29.9 Å². The molecular formula is C19H20O2. The van der Waals surface area contributed by atoms with Crippen molar-refractivity contribution in [1.29, 1.82) is 0 Å². The highest BCUT2D eigenvalue weighted by Crippen LogP contribution is 2.35. The number of aryl methyl sites for hydroxylation is 1. The van der Waals surface area contributed by atoms with Gasteiger partial charge in [0, 0.05) is 0 Å². The summed E-state index contributed by atoms with van der Waals surface area (Å²) in [5.41, 5.74) is 2.42. The summed E-state index contributed by atoms with van der Waals surface area (Å²) in [6.07, 6.45) is 3.00. The van der Waals surface area contributed by atoms with Crippen LogP contribution in [-0.2, 0) is 16.0 Å². The molecule has 0 saturated carbocycles. The van der Waals surface area contributed by atoms with E-state index in [2.05, 4.69) is 24.3 Å². The normalized spacial score (nSPS) is 21.8. The molecule has 0 N–H and O–H groups in total. The van der Waals surface area contributed by atoms with E-state index in [1.54, 1.807) is 0 Å². The van der Waals surface area contributed by atoms with Gasteiger partial charge in [-0.1, -0.05) is 60.7 Å². The van der Waals surface area contributed by atoms with E-state index in [0.717, 1.165) is 24.8 Å². The molecule has 1 saturated heterocycles. The van der Waals surface area contributed by atoms with Gasteiger partial charge in [-0.15, -0.1) is 0 Å². The highest BCUT2D eigenvalue weighted by atomic mass is 16.5. The third kappa shape index (κ3) is 3.33. The number of ether oxygens (including phenoxy) is 1. The standard InChI is InChI=1S/C19H20O2/c20-19-18(16-9-5-2-6-10-16)17(13-14-21-19)12-11-15-7-3-1-4-8-15/h1-10,17-18H,11-14H2/t17-,18+/m1/s1. The van der Waals surface area contributed by atoms with Gasteiger partial charge in [0.15, 0.2) is 0 Å². The maximum absolute atomic E-state index is 12.2. The molecule has 0 aromatic heterocycles. The topological polar surface area (TPSA) is 26.3 Å². The van der Waals surface area contributed by atoms with E-state index in [1.165, 1.54) is 5.56 Å². The molecule has 2 heteroatoms. The van der Waals surface area contributed by atoms with Crippen LogP contribution in [-0.4, -0.2) is 12.6 Å². The van der Waals surface area contributed by atoms with Gasteiger partial charge in [0.05, 0.1) is 12.5 Å². The van der Waals surface area contributed by atoms with Gasteiger partial charge >= 0.3 is 5.97 Å². The molecule has 0 unspecified atom stereocenters. The summed E-state index contributed by atoms with van der Waals surface area (Å²) in [5.74, 6) is 0.197. The Kier molecular flexibility index (Phi) is 4.34. The molecular weight excluding hydrogens is 260 g/mol. The van der Waals surface area contributed by atoms with Crippen LogP contribution in [0.25, 0.3) is 0 Å². The SMILES string of the molecule is O=C1OCC[C@@H](CCc2ccccc2)[C@@H]1c1ccccc1. The Labute approximate surface area is 125 Å². The molecule has 21 heavy (non-hydrogen) atoms. The molecule has 1 fully saturated rings. The second-order valence-corrected chi connectivity index (χ2v) is 5.63. The van der Waals surface area contributed by atoms with E-state index in [9.17, 15) is 4.79 Å². The van der Waals surface area contributed by atoms with Crippen molar-refractivity contribution < 1.29 is 9.53 Å². The predicted molar refractivity (Wildman–Crippen MR) is 83.0 cm³/mol. The largest absolute Gasteiger partial charge is 0.465 e. The first-order valence-corrected chi connectivity index (χ1v) is 7.60. The molecule has 0 amide bonds. The van der Waals surface area contributed by atoms with Crippen molar-refractivity contribution in [2.24, 2.45) is 5.92 Å². The van der Waals surface area contributed by atoms with Gasteiger partial charge in [-0.25, -0.2) is 0 Å². The molecule has 0 spiro atoms. The summed E-state index contributed by atoms with van der Waals surface area (Å²) >= 11 is 0. The smallest absolute Gasteiger partial charge is 0.313 e. The minimum absolute atomic E-state index is 0.0643. The lowest BCUT2D eigenvalue weighted by atomic mass is 9.79. The quantitative estimate of drug-likeness (QED) is 0.792. The summed E-state index contributed by atoms with van der Waals surface area (Å²) in [6.45, 7) is 0.557. The van der Waals surface area contributed by atoms with E-state index in [4.69, 9.17) is 4.74 Å². The first-order valence-electron chi connectivity index (χ1n) is 7.60. The summed E-state index contributed by atoms with van der Waals surface area (Å²) in [6, 6.07) is 20.5. The van der Waals surface area contributed by atoms with E-state index in [0.29, 0.717) is 12.5 Å². The van der Waals surface area contributed by atoms with Crippen molar-refractivity contribution in [3.63, 3.8) is 0 Å². The van der Waals surface area contributed by atoms with Crippen LogP contribution in [0.4, 0.5) is 0 Å². The van der Waals surface area contributed by atoms with Crippen LogP contribution in [0.15, 0.2) is 60.7 Å². The number of cyclic esters (lactones) is 1. The fourth-order valence-electron chi connectivity index (χ4n) is 3.14. The monoisotopic (exact) mass is 280 g/mol. The number of esters is 1. The van der Waals surface area contributed by atoms with E-state index < -0.39 is 0 Å². The number of benzene rings is 2. The lowest BCUT2D eigenvalue weighted by molar-refractivity contribution is -0.152. The Morgan fingerprint density at radius 1 is 0.952 bits per heavy atom. The first-order chi connectivity index (χ1) is 10.3. The lowest BCUT2D eigenvalue weighted by Gasteiger charge is -2.30. The average Bonchev–Trinajstić information content (AvgIpc) is 2.55. The van der Waals surface area contributed by atoms with Gasteiger partial charge in [0.1, 0.15) is 0 Å². The zero-order chi connectivity index (χ0) is 14.5. The maximum Gasteiger partial charge on any atom is 0.313 e. The Morgan fingerprint density at radius 3 is 2.33 bits per heavy atom. The molecule has 1 aliphatic heterocycles. The van der Waals surface area contributed by atoms with Crippen LogP contribution in [0.2, 0.25) is 0 Å². The highest BCUT2D eigenvalue weighted by Gasteiger charge is 2.34. The predicted octanol–water partition coefficient (Wildman–Crippen LogP) is 3.97. The zero-order valence-corrected chi connectivity index (χ0v) is 12.1. The average molecular weight is 280 g/mol. The number of hydrogen-bond donors (Lipinski definition) is 0. The van der Waals surface area contributed by atoms with Crippen LogP contribution in [0.3, 0.4) is 0 Å². The van der Waals surface area contributed by atoms with E-state index >= 15 is 0 Å². The molecule has 108 valence electrons. The zero-order valence-electron chi connectivity index (χ0n) is 12.1. The number of hydrogen-bond acceptors (Lipinski definition) is 2. The third-order valence-corrected chi connectivity index (χ3v) is 4.26. The fourth-order valence-corrected chi connectivity index (χ4v) is 3.14. The molecule has 1 heterocycles. The minimum atomic E-state index is -0.108. The Morgan fingerprint density at radius 2 is 1.62 bits per heavy atom. The summed E-state index contributed by atoms with van der Waals surface area (Å²) in [4.78, 5) is 12.2. The number of rotatable bonds is 4. The molecule has 0 bridgehead atoms. The summed E-state index contributed by atoms with van der Waals surface area (Å²) < 4.78 is 5.29. The summed E-state index contributed by atoms with van der Waals surface area (Å²) in [5, 5.41) is 0. The van der Waals surface area contributed by atoms with E-state index in [-0.39, 0.29) is 11.9 Å². The molecule has 0 aliphatic carbocycles. The van der Waals surface area contributed by atoms with Crippen molar-refractivity contribution in [1.82, 2.24) is 0 Å². The van der Waals surface area contributed by atoms with Crippen LogP contribution in [0.5, 0.6) is 0 Å². The van der Waals surface area contributed by atoms with Gasteiger partial charge in [-0.2, -0.15) is 0 Å². The Balaban J connectivity index is 1.74. The number of carbonyl (C=O) groups excluding carboxylic acids is 1. The first kappa shape index (κ1) is 13.9. The van der Waals surface area contributed by atoms with Gasteiger partial charge < -0.3 is 4.74 Å². The van der Waals surface area contributed by atoms with E-state index in [1.807, 2.05) is 36.4 Å². The molecule has 2 nitrogen and oxygen atoms in total. The van der Waals surface area contributed by atoms with Gasteiger partial charge in [-0.05, 0) is 36.3 Å². The Hall–Kier alpha value is -2.09. The van der Waals surface area contributed by atoms with Gasteiger partial charge in [-0.3, -0.25) is 4.79 Å². The van der Waals surface area contributed by atoms with Crippen LogP contribution in [0, 0.1) is 5.92 Å². The lowest BCUT2D eigenvalue weighted by Crippen LogP contribution is -2.31. The Bertz CT molecular complexity index is 577. The van der Waals surface area contributed by atoms with Crippen molar-refractivity contribution in [3.8, 4) is 0 Å². The highest BCUT2D eigenvalue weighted by molar-refractivity contribution is 5.79. The fraction of sp³-hybridized carbons (Fsp3) is 0.316. The van der Waals surface area contributed by atoms with Crippen molar-refractivity contribution in [2.45, 2.75) is 25.2 Å². The van der Waals surface area contributed by atoms with Crippen LogP contribution >= 0.6 is 0 Å². The molecule has 2 aromatic carbocycles. The van der Waals surface area contributed by atoms with Gasteiger partial charge in [0.2, 0.25) is 0 Å². The minimum Gasteiger partial charge on any atom is -0.465 e. The third-order valence-electron chi connectivity index (χ3n) is 4.26. The molecule has 2 aromatic rings. The summed E-state index contributed by atoms with van der Waals surface area (Å²) in [7, 11) is 0. The molecule has 0 radical (unpaired) electrons. The van der Waals surface area contributed by atoms with Crippen molar-refractivity contribution in [3.05, 3.63) is 71.8 Å². The maximum atomic E-state index is 12.2. The molecule has 1 aliphatic rings. The second-order valence-electron chi connectivity index (χ2n) is 5.63. The van der Waals surface area contributed by atoms with Crippen LogP contribution < -0.4 is 0 Å². The number of carbonyl (C=O) groups is 1.